The molecule has 0 saturated carbocycles. The number of allylic oxidation sites excluding steroid dienone is 3. The Labute approximate surface area is 193 Å². The van der Waals surface area contributed by atoms with Gasteiger partial charge in [-0.05, 0) is 61.9 Å². The van der Waals surface area contributed by atoms with E-state index in [9.17, 15) is 14.7 Å². The van der Waals surface area contributed by atoms with Crippen LogP contribution in [0.1, 0.15) is 79.6 Å². The van der Waals surface area contributed by atoms with Crippen molar-refractivity contribution in [3.63, 3.8) is 0 Å². The van der Waals surface area contributed by atoms with E-state index in [1.54, 1.807) is 0 Å². The molecule has 32 heavy (non-hydrogen) atoms. The fraction of sp³-hybridized carbons (Fsp3) is 0.778. The third kappa shape index (κ3) is 5.47. The number of aliphatic hydroxyl groups excluding tert-OH is 1. The number of carbonyl (C=O) groups excluding carboxylic acids is 2. The van der Waals surface area contributed by atoms with Crippen molar-refractivity contribution in [2.24, 2.45) is 35.5 Å². The van der Waals surface area contributed by atoms with E-state index >= 15 is 0 Å². The van der Waals surface area contributed by atoms with Gasteiger partial charge in [0.15, 0.2) is 0 Å². The van der Waals surface area contributed by atoms with E-state index in [1.165, 1.54) is 5.57 Å². The number of ether oxygens (including phenoxy) is 2. The van der Waals surface area contributed by atoms with Crippen molar-refractivity contribution in [2.75, 3.05) is 0 Å². The molecule has 2 aliphatic carbocycles. The third-order valence-electron chi connectivity index (χ3n) is 8.00. The summed E-state index contributed by atoms with van der Waals surface area (Å²) in [5, 5.41) is 10.4. The highest BCUT2D eigenvalue weighted by molar-refractivity contribution is 5.74. The van der Waals surface area contributed by atoms with Crippen molar-refractivity contribution in [3.8, 4) is 0 Å². The summed E-state index contributed by atoms with van der Waals surface area (Å²) in [5.74, 6) is 0.457. The van der Waals surface area contributed by atoms with Crippen LogP contribution < -0.4 is 0 Å². The molecule has 1 saturated heterocycles. The van der Waals surface area contributed by atoms with Crippen LogP contribution in [0, 0.1) is 35.5 Å². The summed E-state index contributed by atoms with van der Waals surface area (Å²) in [6, 6.07) is 0. The molecule has 0 amide bonds. The third-order valence-corrected chi connectivity index (χ3v) is 8.00. The van der Waals surface area contributed by atoms with Crippen LogP contribution in [0.4, 0.5) is 0 Å². The fourth-order valence-corrected chi connectivity index (χ4v) is 5.97. The van der Waals surface area contributed by atoms with Crippen molar-refractivity contribution in [3.05, 3.63) is 23.8 Å². The summed E-state index contributed by atoms with van der Waals surface area (Å²) >= 11 is 0. The van der Waals surface area contributed by atoms with E-state index in [1.807, 2.05) is 20.8 Å². The Morgan fingerprint density at radius 1 is 1.19 bits per heavy atom. The van der Waals surface area contributed by atoms with Gasteiger partial charge in [-0.25, -0.2) is 0 Å². The van der Waals surface area contributed by atoms with E-state index in [0.29, 0.717) is 30.6 Å². The normalized spacial score (nSPS) is 37.0. The molecule has 0 bridgehead atoms. The standard InChI is InChI=1S/C27H42O5/c1-6-18(7-2)26(29)32-24-14-16(4)13-19-10-9-17(5)22(25(19)24)12-11-20-15-23(28)21(8-3)27(30)31-20/h9-10,13,16-18,20-25,28H,6-8,11-12,14-15H2,1-5H3/t16?,17?,20-,21?,22?,23-,24?,25+/m1/s1. The van der Waals surface area contributed by atoms with Crippen LogP contribution in [0.5, 0.6) is 0 Å². The van der Waals surface area contributed by atoms with Gasteiger partial charge in [-0.15, -0.1) is 0 Å². The lowest BCUT2D eigenvalue weighted by atomic mass is 9.65. The van der Waals surface area contributed by atoms with E-state index < -0.39 is 12.0 Å². The van der Waals surface area contributed by atoms with Gasteiger partial charge in [0.2, 0.25) is 0 Å². The van der Waals surface area contributed by atoms with Crippen LogP contribution in [-0.4, -0.2) is 35.4 Å². The average Bonchev–Trinajstić information content (AvgIpc) is 2.74. The van der Waals surface area contributed by atoms with Crippen LogP contribution in [0.25, 0.3) is 0 Å². The molecule has 0 aromatic rings. The Kier molecular flexibility index (Phi) is 8.60. The second-order valence-corrected chi connectivity index (χ2v) is 10.2. The molecular formula is C27H42O5. The molecule has 0 radical (unpaired) electrons. The highest BCUT2D eigenvalue weighted by Gasteiger charge is 2.43. The predicted octanol–water partition coefficient (Wildman–Crippen LogP) is 5.22. The summed E-state index contributed by atoms with van der Waals surface area (Å²) in [4.78, 5) is 25.1. The number of rotatable bonds is 8. The number of aliphatic hydroxyl groups is 1. The smallest absolute Gasteiger partial charge is 0.311 e. The largest absolute Gasteiger partial charge is 0.462 e. The van der Waals surface area contributed by atoms with Crippen molar-refractivity contribution in [1.82, 2.24) is 0 Å². The van der Waals surface area contributed by atoms with E-state index in [0.717, 1.165) is 32.1 Å². The molecule has 1 heterocycles. The highest BCUT2D eigenvalue weighted by atomic mass is 16.6. The fourth-order valence-electron chi connectivity index (χ4n) is 5.97. The molecule has 3 rings (SSSR count). The zero-order valence-corrected chi connectivity index (χ0v) is 20.5. The summed E-state index contributed by atoms with van der Waals surface area (Å²) in [6.07, 6.45) is 11.0. The Hall–Kier alpha value is -1.62. The molecular weight excluding hydrogens is 404 g/mol. The molecule has 0 spiro atoms. The maximum Gasteiger partial charge on any atom is 0.311 e. The number of hydrogen-bond acceptors (Lipinski definition) is 5. The van der Waals surface area contributed by atoms with Gasteiger partial charge in [0.05, 0.1) is 17.9 Å². The van der Waals surface area contributed by atoms with E-state index in [2.05, 4.69) is 32.1 Å². The van der Waals surface area contributed by atoms with Crippen LogP contribution in [0.3, 0.4) is 0 Å². The van der Waals surface area contributed by atoms with Crippen molar-refractivity contribution >= 4 is 11.9 Å². The zero-order valence-electron chi connectivity index (χ0n) is 20.5. The number of esters is 2. The van der Waals surface area contributed by atoms with Crippen LogP contribution in [0.15, 0.2) is 23.8 Å². The number of carbonyl (C=O) groups is 2. The maximum atomic E-state index is 12.8. The van der Waals surface area contributed by atoms with E-state index in [4.69, 9.17) is 9.47 Å². The molecule has 5 nitrogen and oxygen atoms in total. The minimum Gasteiger partial charge on any atom is -0.462 e. The Morgan fingerprint density at radius 2 is 1.91 bits per heavy atom. The number of hydrogen-bond donors (Lipinski definition) is 1. The van der Waals surface area contributed by atoms with Gasteiger partial charge in [-0.2, -0.15) is 0 Å². The first-order valence-corrected chi connectivity index (χ1v) is 12.8. The highest BCUT2D eigenvalue weighted by Crippen LogP contribution is 2.45. The minimum atomic E-state index is -0.616. The first-order valence-electron chi connectivity index (χ1n) is 12.8. The molecule has 5 heteroatoms. The van der Waals surface area contributed by atoms with Crippen molar-refractivity contribution < 1.29 is 24.2 Å². The predicted molar refractivity (Wildman–Crippen MR) is 125 cm³/mol. The lowest BCUT2D eigenvalue weighted by Gasteiger charge is -2.43. The number of fused-ring (bicyclic) bond motifs is 1. The van der Waals surface area contributed by atoms with Gasteiger partial charge in [0, 0.05) is 12.3 Å². The maximum absolute atomic E-state index is 12.8. The molecule has 5 unspecified atom stereocenters. The summed E-state index contributed by atoms with van der Waals surface area (Å²) in [5.41, 5.74) is 1.28. The van der Waals surface area contributed by atoms with E-state index in [-0.39, 0.29) is 36.0 Å². The second-order valence-electron chi connectivity index (χ2n) is 10.2. The van der Waals surface area contributed by atoms with Gasteiger partial charge in [-0.1, -0.05) is 52.8 Å². The molecule has 1 N–H and O–H groups in total. The quantitative estimate of drug-likeness (QED) is 0.517. The topological polar surface area (TPSA) is 72.8 Å². The second kappa shape index (κ2) is 11.0. The molecule has 8 atom stereocenters. The van der Waals surface area contributed by atoms with Gasteiger partial charge in [0.25, 0.3) is 0 Å². The molecule has 3 aliphatic rings. The summed E-state index contributed by atoms with van der Waals surface area (Å²) in [7, 11) is 0. The summed E-state index contributed by atoms with van der Waals surface area (Å²) < 4.78 is 11.8. The van der Waals surface area contributed by atoms with Crippen molar-refractivity contribution in [2.45, 2.75) is 97.9 Å². The van der Waals surface area contributed by atoms with Gasteiger partial charge in [0.1, 0.15) is 12.2 Å². The number of cyclic esters (lactones) is 1. The average molecular weight is 447 g/mol. The van der Waals surface area contributed by atoms with Gasteiger partial charge >= 0.3 is 11.9 Å². The Morgan fingerprint density at radius 3 is 2.53 bits per heavy atom. The first-order chi connectivity index (χ1) is 15.3. The van der Waals surface area contributed by atoms with Crippen molar-refractivity contribution in [1.29, 1.82) is 0 Å². The Balaban J connectivity index is 1.73. The molecule has 1 aliphatic heterocycles. The monoisotopic (exact) mass is 446 g/mol. The lowest BCUT2D eigenvalue weighted by molar-refractivity contribution is -0.171. The van der Waals surface area contributed by atoms with Crippen LogP contribution in [-0.2, 0) is 19.1 Å². The first kappa shape index (κ1) is 25.0. The minimum absolute atomic E-state index is 0.0377. The molecule has 0 aromatic carbocycles. The van der Waals surface area contributed by atoms with Gasteiger partial charge < -0.3 is 14.6 Å². The molecule has 0 aromatic heterocycles. The zero-order chi connectivity index (χ0) is 23.4. The SMILES string of the molecule is CCC(CC)C(=O)OC1CC(C)C=C2C=CC(C)C(CC[C@@H]3C[C@@H](O)C(CC)C(=O)O3)[C@H]21. The lowest BCUT2D eigenvalue weighted by Crippen LogP contribution is -2.43. The van der Waals surface area contributed by atoms with Crippen LogP contribution in [0.2, 0.25) is 0 Å². The van der Waals surface area contributed by atoms with Crippen LogP contribution >= 0.6 is 0 Å². The Bertz CT molecular complexity index is 722. The van der Waals surface area contributed by atoms with Gasteiger partial charge in [-0.3, -0.25) is 9.59 Å². The molecule has 1 fully saturated rings. The summed E-state index contributed by atoms with van der Waals surface area (Å²) in [6.45, 7) is 10.4. The molecule has 180 valence electrons.